The van der Waals surface area contributed by atoms with Gasteiger partial charge in [-0.05, 0) is 81.5 Å². The first-order chi connectivity index (χ1) is 21.3. The van der Waals surface area contributed by atoms with E-state index in [4.69, 9.17) is 9.97 Å². The molecule has 0 radical (unpaired) electrons. The van der Waals surface area contributed by atoms with Crippen LogP contribution in [-0.4, -0.2) is 36.2 Å². The molecule has 2 N–H and O–H groups in total. The molecule has 1 aliphatic heterocycles. The van der Waals surface area contributed by atoms with Crippen LogP contribution in [0.4, 0.5) is 16.3 Å². The van der Waals surface area contributed by atoms with Gasteiger partial charge < -0.3 is 10.4 Å². The van der Waals surface area contributed by atoms with Gasteiger partial charge in [0.05, 0.1) is 28.3 Å². The minimum Gasteiger partial charge on any atom is -0.465 e. The van der Waals surface area contributed by atoms with E-state index in [0.717, 1.165) is 75.9 Å². The van der Waals surface area contributed by atoms with Gasteiger partial charge in [0.1, 0.15) is 5.82 Å². The molecule has 3 aromatic carbocycles. The molecule has 3 heterocycles. The fraction of sp³-hybridized carbons (Fsp3) is 0.216. The van der Waals surface area contributed by atoms with Crippen LogP contribution >= 0.6 is 0 Å². The Kier molecular flexibility index (Phi) is 6.61. The molecule has 5 aromatic rings. The van der Waals surface area contributed by atoms with Crippen molar-refractivity contribution in [1.29, 1.82) is 0 Å². The molecule has 1 fully saturated rings. The van der Waals surface area contributed by atoms with E-state index in [1.165, 1.54) is 0 Å². The topological polar surface area (TPSA) is 83.3 Å². The fourth-order valence-corrected chi connectivity index (χ4v) is 6.78. The second-order valence-electron chi connectivity index (χ2n) is 12.5. The number of rotatable bonds is 5. The highest BCUT2D eigenvalue weighted by Crippen LogP contribution is 2.50. The third kappa shape index (κ3) is 4.56. The maximum Gasteiger partial charge on any atom is 0.408 e. The maximum atomic E-state index is 12.6. The number of para-hydroxylation sites is 1. The average molecular weight is 582 g/mol. The van der Waals surface area contributed by atoms with Crippen LogP contribution in [0.5, 0.6) is 0 Å². The predicted molar refractivity (Wildman–Crippen MR) is 176 cm³/mol. The highest BCUT2D eigenvalue weighted by Gasteiger charge is 2.50. The third-order valence-electron chi connectivity index (χ3n) is 8.75. The molecule has 7 heteroatoms. The number of benzene rings is 3. The molecule has 0 atom stereocenters. The monoisotopic (exact) mass is 581 g/mol. The molecule has 0 unspecified atom stereocenters. The molecule has 2 aromatic heterocycles. The standard InChI is InChI=1S/C37H35N5O2/c1-36(2,3)42(35(43)44)37(22-10-23-37)27-19-17-26(18-20-27)32-30(21-16-25-11-5-4-6-12-25)40-34-28-13-7-8-14-29(28)39-33-31(41(32)34)15-9-24-38-33/h4-9,11-21,24H,10,22-23H2,1-3H3,(H,38,39)(H,43,44). The minimum atomic E-state index is -0.883. The lowest BCUT2D eigenvalue weighted by molar-refractivity contribution is -0.0328. The van der Waals surface area contributed by atoms with Crippen molar-refractivity contribution in [2.45, 2.75) is 51.1 Å². The molecule has 220 valence electrons. The molecule has 1 saturated carbocycles. The van der Waals surface area contributed by atoms with E-state index in [9.17, 15) is 9.90 Å². The summed E-state index contributed by atoms with van der Waals surface area (Å²) in [5.41, 5.74) is 6.65. The number of amides is 1. The Balaban J connectivity index is 1.43. The molecule has 7 nitrogen and oxygen atoms in total. The van der Waals surface area contributed by atoms with Crippen LogP contribution in [0.25, 0.3) is 40.5 Å². The summed E-state index contributed by atoms with van der Waals surface area (Å²) in [6, 6.07) is 30.8. The largest absolute Gasteiger partial charge is 0.465 e. The van der Waals surface area contributed by atoms with Crippen molar-refractivity contribution in [2.75, 3.05) is 5.32 Å². The van der Waals surface area contributed by atoms with Gasteiger partial charge in [-0.3, -0.25) is 9.47 Å². The van der Waals surface area contributed by atoms with E-state index in [0.29, 0.717) is 0 Å². The van der Waals surface area contributed by atoms with Gasteiger partial charge in [-0.1, -0.05) is 72.8 Å². The SMILES string of the molecule is CC(C)(C)N(C(=O)O)C1(c2ccc(-c3c(C=Cc4ccccc4)nc4n3-c3cccnc3Nc3ccccc3-4)cc2)CCC1. The number of carboxylic acid groups (broad SMARTS) is 1. The fourth-order valence-electron chi connectivity index (χ4n) is 6.78. The van der Waals surface area contributed by atoms with Crippen molar-refractivity contribution in [3.05, 3.63) is 114 Å². The number of carbonyl (C=O) groups is 1. The molecule has 0 bridgehead atoms. The lowest BCUT2D eigenvalue weighted by atomic mass is 9.69. The van der Waals surface area contributed by atoms with E-state index in [1.807, 2.05) is 63.2 Å². The van der Waals surface area contributed by atoms with Gasteiger partial charge in [-0.2, -0.15) is 0 Å². The summed E-state index contributed by atoms with van der Waals surface area (Å²) in [5.74, 6) is 1.58. The molecule has 1 amide bonds. The molecule has 7 rings (SSSR count). The zero-order valence-corrected chi connectivity index (χ0v) is 25.2. The van der Waals surface area contributed by atoms with Crippen molar-refractivity contribution in [3.63, 3.8) is 0 Å². The zero-order valence-electron chi connectivity index (χ0n) is 25.2. The second kappa shape index (κ2) is 10.5. The van der Waals surface area contributed by atoms with Crippen molar-refractivity contribution in [2.24, 2.45) is 0 Å². The van der Waals surface area contributed by atoms with Gasteiger partial charge in [-0.15, -0.1) is 0 Å². The summed E-state index contributed by atoms with van der Waals surface area (Å²) < 4.78 is 2.19. The smallest absolute Gasteiger partial charge is 0.408 e. The van der Waals surface area contributed by atoms with Crippen molar-refractivity contribution < 1.29 is 9.90 Å². The Morgan fingerprint density at radius 2 is 1.66 bits per heavy atom. The average Bonchev–Trinajstić information content (AvgIpc) is 3.31. The van der Waals surface area contributed by atoms with Gasteiger partial charge in [0.25, 0.3) is 0 Å². The van der Waals surface area contributed by atoms with Crippen molar-refractivity contribution >= 4 is 29.8 Å². The summed E-state index contributed by atoms with van der Waals surface area (Å²) in [6.07, 6.45) is 7.70. The summed E-state index contributed by atoms with van der Waals surface area (Å²) in [4.78, 5) is 24.2. The van der Waals surface area contributed by atoms with E-state index in [-0.39, 0.29) is 0 Å². The first-order valence-electron chi connectivity index (χ1n) is 15.1. The molecule has 1 aliphatic carbocycles. The third-order valence-corrected chi connectivity index (χ3v) is 8.75. The number of hydrogen-bond donors (Lipinski definition) is 2. The normalized spacial score (nSPS) is 14.9. The van der Waals surface area contributed by atoms with Crippen molar-refractivity contribution in [1.82, 2.24) is 19.4 Å². The summed E-state index contributed by atoms with van der Waals surface area (Å²) in [6.45, 7) is 5.92. The van der Waals surface area contributed by atoms with Crippen LogP contribution in [0.1, 0.15) is 56.9 Å². The Hall–Kier alpha value is -5.17. The number of hydrogen-bond acceptors (Lipinski definition) is 4. The minimum absolute atomic E-state index is 0.528. The first-order valence-corrected chi connectivity index (χ1v) is 15.1. The van der Waals surface area contributed by atoms with E-state index < -0.39 is 17.2 Å². The molecule has 2 aliphatic rings. The van der Waals surface area contributed by atoms with Crippen LogP contribution in [-0.2, 0) is 5.54 Å². The number of nitrogens with one attached hydrogen (secondary N) is 1. The van der Waals surface area contributed by atoms with Crippen LogP contribution in [0.3, 0.4) is 0 Å². The van der Waals surface area contributed by atoms with Gasteiger partial charge >= 0.3 is 6.09 Å². The molecule has 44 heavy (non-hydrogen) atoms. The lowest BCUT2D eigenvalue weighted by Crippen LogP contribution is -2.60. The molecule has 0 saturated heterocycles. The second-order valence-corrected chi connectivity index (χ2v) is 12.5. The first kappa shape index (κ1) is 27.7. The number of anilines is 2. The highest BCUT2D eigenvalue weighted by atomic mass is 16.4. The summed E-state index contributed by atoms with van der Waals surface area (Å²) >= 11 is 0. The number of pyridine rings is 1. The lowest BCUT2D eigenvalue weighted by Gasteiger charge is -2.54. The van der Waals surface area contributed by atoms with Crippen LogP contribution in [0.15, 0.2) is 97.2 Å². The quantitative estimate of drug-likeness (QED) is 0.212. The number of aromatic nitrogens is 3. The number of fused-ring (bicyclic) bond motifs is 5. The van der Waals surface area contributed by atoms with E-state index in [2.05, 4.69) is 70.6 Å². The van der Waals surface area contributed by atoms with Crippen LogP contribution < -0.4 is 5.32 Å². The highest BCUT2D eigenvalue weighted by molar-refractivity contribution is 5.89. The molecule has 0 spiro atoms. The Morgan fingerprint density at radius 1 is 0.932 bits per heavy atom. The van der Waals surface area contributed by atoms with Gasteiger partial charge in [0.2, 0.25) is 0 Å². The molecular formula is C37H35N5O2. The van der Waals surface area contributed by atoms with Crippen LogP contribution in [0, 0.1) is 0 Å². The van der Waals surface area contributed by atoms with E-state index in [1.54, 1.807) is 11.1 Å². The maximum absolute atomic E-state index is 12.6. The Morgan fingerprint density at radius 3 is 2.34 bits per heavy atom. The summed E-state index contributed by atoms with van der Waals surface area (Å²) in [7, 11) is 0. The Bertz CT molecular complexity index is 1880. The summed E-state index contributed by atoms with van der Waals surface area (Å²) in [5, 5.41) is 13.8. The van der Waals surface area contributed by atoms with Crippen LogP contribution in [0.2, 0.25) is 0 Å². The predicted octanol–water partition coefficient (Wildman–Crippen LogP) is 8.99. The zero-order chi connectivity index (χ0) is 30.5. The number of imidazole rings is 1. The van der Waals surface area contributed by atoms with Gasteiger partial charge in [0.15, 0.2) is 5.82 Å². The van der Waals surface area contributed by atoms with Gasteiger partial charge in [0, 0.05) is 22.9 Å². The van der Waals surface area contributed by atoms with Crippen molar-refractivity contribution in [3.8, 4) is 28.3 Å². The van der Waals surface area contributed by atoms with Gasteiger partial charge in [-0.25, -0.2) is 14.8 Å². The molecular weight excluding hydrogens is 546 g/mol. The number of nitrogens with zero attached hydrogens (tertiary/aromatic N) is 4. The van der Waals surface area contributed by atoms with E-state index >= 15 is 0 Å². The Labute approximate surface area is 257 Å².